The summed E-state index contributed by atoms with van der Waals surface area (Å²) in [7, 11) is 3.47. The number of amides is 1. The van der Waals surface area contributed by atoms with E-state index in [-0.39, 0.29) is 24.9 Å². The third-order valence-corrected chi connectivity index (χ3v) is 3.66. The van der Waals surface area contributed by atoms with Crippen LogP contribution in [0.4, 0.5) is 0 Å². The van der Waals surface area contributed by atoms with Crippen LogP contribution in [-0.2, 0) is 9.53 Å². The molecule has 5 heteroatoms. The lowest BCUT2D eigenvalue weighted by atomic mass is 9.98. The number of fused-ring (bicyclic) bond motifs is 2. The van der Waals surface area contributed by atoms with E-state index in [4.69, 9.17) is 4.74 Å². The van der Waals surface area contributed by atoms with Crippen molar-refractivity contribution in [1.82, 2.24) is 10.2 Å². The van der Waals surface area contributed by atoms with Crippen LogP contribution in [-0.4, -0.2) is 49.7 Å². The van der Waals surface area contributed by atoms with E-state index in [1.54, 1.807) is 7.11 Å². The standard InChI is InChI=1S/C11H20N2O2.ClH/c1-13(11(14)7-15-2)10-5-8-3-4-9(6-10)12-8;/h8-10,12H,3-7H2,1-2H3;1H. The van der Waals surface area contributed by atoms with Gasteiger partial charge in [-0.3, -0.25) is 4.79 Å². The van der Waals surface area contributed by atoms with Crippen molar-refractivity contribution in [2.75, 3.05) is 20.8 Å². The summed E-state index contributed by atoms with van der Waals surface area (Å²) < 4.78 is 4.88. The van der Waals surface area contributed by atoms with Crippen LogP contribution in [0.5, 0.6) is 0 Å². The Labute approximate surface area is 103 Å². The molecule has 16 heavy (non-hydrogen) atoms. The molecular weight excluding hydrogens is 228 g/mol. The van der Waals surface area contributed by atoms with Gasteiger partial charge in [-0.2, -0.15) is 0 Å². The molecular formula is C11H21ClN2O2. The third-order valence-electron chi connectivity index (χ3n) is 3.66. The van der Waals surface area contributed by atoms with Gasteiger partial charge in [-0.1, -0.05) is 0 Å². The number of rotatable bonds is 3. The van der Waals surface area contributed by atoms with Gasteiger partial charge < -0.3 is 15.0 Å². The van der Waals surface area contributed by atoms with Gasteiger partial charge in [0.25, 0.3) is 0 Å². The van der Waals surface area contributed by atoms with Crippen LogP contribution in [0.25, 0.3) is 0 Å². The maximum absolute atomic E-state index is 11.7. The van der Waals surface area contributed by atoms with Crippen molar-refractivity contribution in [3.8, 4) is 0 Å². The monoisotopic (exact) mass is 248 g/mol. The average molecular weight is 249 g/mol. The first-order valence-corrected chi connectivity index (χ1v) is 5.71. The smallest absolute Gasteiger partial charge is 0.248 e. The second kappa shape index (κ2) is 5.84. The second-order valence-electron chi connectivity index (χ2n) is 4.70. The first-order chi connectivity index (χ1) is 7.20. The van der Waals surface area contributed by atoms with Gasteiger partial charge in [0.15, 0.2) is 0 Å². The fourth-order valence-corrected chi connectivity index (χ4v) is 2.77. The fourth-order valence-electron chi connectivity index (χ4n) is 2.77. The molecule has 2 saturated heterocycles. The summed E-state index contributed by atoms with van der Waals surface area (Å²) in [5.41, 5.74) is 0. The Kier molecular flexibility index (Phi) is 5.02. The molecule has 2 heterocycles. The van der Waals surface area contributed by atoms with Crippen LogP contribution in [0.15, 0.2) is 0 Å². The zero-order valence-corrected chi connectivity index (χ0v) is 10.8. The number of nitrogens with zero attached hydrogens (tertiary/aromatic N) is 1. The van der Waals surface area contributed by atoms with Crippen LogP contribution in [0.3, 0.4) is 0 Å². The molecule has 2 fully saturated rings. The molecule has 2 unspecified atom stereocenters. The largest absolute Gasteiger partial charge is 0.375 e. The van der Waals surface area contributed by atoms with Crippen molar-refractivity contribution in [3.05, 3.63) is 0 Å². The van der Waals surface area contributed by atoms with Crippen molar-refractivity contribution in [3.63, 3.8) is 0 Å². The molecule has 2 atom stereocenters. The van der Waals surface area contributed by atoms with Crippen molar-refractivity contribution in [1.29, 1.82) is 0 Å². The molecule has 2 aliphatic rings. The molecule has 0 radical (unpaired) electrons. The average Bonchev–Trinajstić information content (AvgIpc) is 2.57. The van der Waals surface area contributed by atoms with E-state index in [1.165, 1.54) is 12.8 Å². The Morgan fingerprint density at radius 2 is 1.94 bits per heavy atom. The molecule has 0 saturated carbocycles. The van der Waals surface area contributed by atoms with Crippen LogP contribution >= 0.6 is 12.4 Å². The molecule has 0 spiro atoms. The highest BCUT2D eigenvalue weighted by Gasteiger charge is 2.36. The topological polar surface area (TPSA) is 41.6 Å². The van der Waals surface area contributed by atoms with E-state index in [0.717, 1.165) is 12.8 Å². The van der Waals surface area contributed by atoms with Gasteiger partial charge >= 0.3 is 0 Å². The number of carbonyl (C=O) groups excluding carboxylic acids is 1. The van der Waals surface area contributed by atoms with Crippen LogP contribution in [0, 0.1) is 0 Å². The molecule has 0 aromatic rings. The highest BCUT2D eigenvalue weighted by molar-refractivity contribution is 5.85. The Morgan fingerprint density at radius 3 is 2.44 bits per heavy atom. The van der Waals surface area contributed by atoms with Crippen LogP contribution in [0.2, 0.25) is 0 Å². The Bertz CT molecular complexity index is 238. The molecule has 0 aromatic carbocycles. The van der Waals surface area contributed by atoms with Gasteiger partial charge in [-0.05, 0) is 25.7 Å². The summed E-state index contributed by atoms with van der Waals surface area (Å²) in [6.45, 7) is 0.204. The van der Waals surface area contributed by atoms with E-state index in [9.17, 15) is 4.79 Å². The minimum atomic E-state index is 0. The molecule has 2 aliphatic heterocycles. The molecule has 4 nitrogen and oxygen atoms in total. The van der Waals surface area contributed by atoms with E-state index >= 15 is 0 Å². The molecule has 94 valence electrons. The highest BCUT2D eigenvalue weighted by atomic mass is 35.5. The van der Waals surface area contributed by atoms with Crippen molar-refractivity contribution in [2.45, 2.75) is 43.8 Å². The summed E-state index contributed by atoms with van der Waals surface area (Å²) in [5.74, 6) is 0.101. The highest BCUT2D eigenvalue weighted by Crippen LogP contribution is 2.29. The number of nitrogens with one attached hydrogen (secondary N) is 1. The quantitative estimate of drug-likeness (QED) is 0.803. The predicted octanol–water partition coefficient (Wildman–Crippen LogP) is 0.796. The lowest BCUT2D eigenvalue weighted by Crippen LogP contribution is -2.49. The van der Waals surface area contributed by atoms with Crippen LogP contribution in [0.1, 0.15) is 25.7 Å². The lowest BCUT2D eigenvalue weighted by Gasteiger charge is -2.35. The van der Waals surface area contributed by atoms with E-state index in [0.29, 0.717) is 18.1 Å². The maximum Gasteiger partial charge on any atom is 0.248 e. The summed E-state index contributed by atoms with van der Waals surface area (Å²) in [6, 6.07) is 1.67. The van der Waals surface area contributed by atoms with Crippen molar-refractivity contribution < 1.29 is 9.53 Å². The van der Waals surface area contributed by atoms with E-state index in [1.807, 2.05) is 11.9 Å². The zero-order valence-electron chi connectivity index (χ0n) is 9.94. The molecule has 1 N–H and O–H groups in total. The Morgan fingerprint density at radius 1 is 1.38 bits per heavy atom. The lowest BCUT2D eigenvalue weighted by molar-refractivity contribution is -0.136. The third kappa shape index (κ3) is 2.87. The van der Waals surface area contributed by atoms with Gasteiger partial charge in [0.1, 0.15) is 6.61 Å². The van der Waals surface area contributed by atoms with Gasteiger partial charge in [0.05, 0.1) is 0 Å². The van der Waals surface area contributed by atoms with E-state index < -0.39 is 0 Å². The predicted molar refractivity (Wildman–Crippen MR) is 64.9 cm³/mol. The number of methoxy groups -OCH3 is 1. The minimum absolute atomic E-state index is 0. The van der Waals surface area contributed by atoms with Crippen molar-refractivity contribution in [2.24, 2.45) is 0 Å². The van der Waals surface area contributed by atoms with Gasteiger partial charge in [-0.15, -0.1) is 12.4 Å². The number of ether oxygens (including phenoxy) is 1. The maximum atomic E-state index is 11.7. The zero-order chi connectivity index (χ0) is 10.8. The summed E-state index contributed by atoms with van der Waals surface area (Å²) in [5, 5.41) is 3.58. The SMILES string of the molecule is COCC(=O)N(C)C1CC2CCC(C1)N2.Cl. The molecule has 0 aromatic heterocycles. The first-order valence-electron chi connectivity index (χ1n) is 5.71. The fraction of sp³-hybridized carbons (Fsp3) is 0.909. The summed E-state index contributed by atoms with van der Waals surface area (Å²) in [4.78, 5) is 13.5. The van der Waals surface area contributed by atoms with Crippen LogP contribution < -0.4 is 5.32 Å². The number of hydrogen-bond donors (Lipinski definition) is 1. The molecule has 0 aliphatic carbocycles. The number of likely N-dealkylation sites (N-methyl/N-ethyl adjacent to an activating group) is 1. The second-order valence-corrected chi connectivity index (χ2v) is 4.70. The first kappa shape index (κ1) is 13.7. The summed E-state index contributed by atoms with van der Waals surface area (Å²) >= 11 is 0. The Hall–Kier alpha value is -0.320. The molecule has 2 bridgehead atoms. The minimum Gasteiger partial charge on any atom is -0.375 e. The van der Waals surface area contributed by atoms with E-state index in [2.05, 4.69) is 5.32 Å². The number of hydrogen-bond acceptors (Lipinski definition) is 3. The molecule has 2 rings (SSSR count). The van der Waals surface area contributed by atoms with Gasteiger partial charge in [0.2, 0.25) is 5.91 Å². The van der Waals surface area contributed by atoms with Crippen molar-refractivity contribution >= 4 is 18.3 Å². The normalized spacial score (nSPS) is 32.0. The van der Waals surface area contributed by atoms with Gasteiger partial charge in [0, 0.05) is 32.3 Å². The number of carbonyl (C=O) groups is 1. The summed E-state index contributed by atoms with van der Waals surface area (Å²) in [6.07, 6.45) is 4.74. The molecule has 1 amide bonds. The Balaban J connectivity index is 0.00000128. The number of piperidine rings is 1. The van der Waals surface area contributed by atoms with Gasteiger partial charge in [-0.25, -0.2) is 0 Å². The number of halogens is 1.